The van der Waals surface area contributed by atoms with Crippen molar-refractivity contribution in [1.29, 1.82) is 0 Å². The summed E-state index contributed by atoms with van der Waals surface area (Å²) in [5, 5.41) is 11.1. The number of carbonyl (C=O) groups excluding carboxylic acids is 2. The summed E-state index contributed by atoms with van der Waals surface area (Å²) in [7, 11) is 0. The van der Waals surface area contributed by atoms with Crippen LogP contribution in [0.5, 0.6) is 0 Å². The average Bonchev–Trinajstić information content (AvgIpc) is 3.59. The first kappa shape index (κ1) is 18.9. The maximum Gasteiger partial charge on any atom is 0.227 e. The maximum absolute atomic E-state index is 13.1. The third-order valence-electron chi connectivity index (χ3n) is 5.29. The number of fused-ring (bicyclic) bond motifs is 1. The second-order valence-electron chi connectivity index (χ2n) is 7.63. The fraction of sp³-hybridized carbons (Fsp3) is 0.120. The molecule has 1 saturated carbocycles. The van der Waals surface area contributed by atoms with E-state index in [1.165, 1.54) is 0 Å². The Morgan fingerprint density at radius 2 is 1.84 bits per heavy atom. The Morgan fingerprint density at radius 3 is 2.65 bits per heavy atom. The largest absolute Gasteiger partial charge is 0.326 e. The Kier molecular flexibility index (Phi) is 4.88. The highest BCUT2D eigenvalue weighted by atomic mass is 16.2. The molecule has 5 rings (SSSR count). The molecule has 0 atom stereocenters. The number of nitrogens with one attached hydrogen (secondary N) is 2. The van der Waals surface area contributed by atoms with Crippen molar-refractivity contribution < 1.29 is 9.59 Å². The molecular formula is C25H20N4O2. The van der Waals surface area contributed by atoms with Crippen molar-refractivity contribution in [1.82, 2.24) is 15.2 Å². The Hall–Kier alpha value is -4.06. The van der Waals surface area contributed by atoms with Gasteiger partial charge in [-0.25, -0.2) is 0 Å². The number of amides is 1. The highest BCUT2D eigenvalue weighted by molar-refractivity contribution is 6.11. The van der Waals surface area contributed by atoms with Gasteiger partial charge in [0.05, 0.1) is 16.9 Å². The van der Waals surface area contributed by atoms with Crippen LogP contribution in [-0.2, 0) is 4.79 Å². The number of anilines is 1. The lowest BCUT2D eigenvalue weighted by Gasteiger charge is -2.07. The minimum Gasteiger partial charge on any atom is -0.326 e. The first-order chi connectivity index (χ1) is 15.2. The van der Waals surface area contributed by atoms with E-state index in [1.807, 2.05) is 42.5 Å². The van der Waals surface area contributed by atoms with Crippen LogP contribution >= 0.6 is 0 Å². The van der Waals surface area contributed by atoms with Crippen molar-refractivity contribution in [3.05, 3.63) is 89.4 Å². The van der Waals surface area contributed by atoms with E-state index >= 15 is 0 Å². The Bertz CT molecular complexity index is 1300. The number of rotatable bonds is 6. The number of nitrogens with zero attached hydrogens (tertiary/aromatic N) is 2. The number of carbonyl (C=O) groups is 2. The molecule has 0 unspecified atom stereocenters. The number of hydrogen-bond donors (Lipinski definition) is 2. The number of hydrogen-bond acceptors (Lipinski definition) is 4. The van der Waals surface area contributed by atoms with Gasteiger partial charge in [-0.2, -0.15) is 5.10 Å². The van der Waals surface area contributed by atoms with Crippen molar-refractivity contribution in [2.45, 2.75) is 12.8 Å². The third-order valence-corrected chi connectivity index (χ3v) is 5.29. The minimum absolute atomic E-state index is 0.0220. The van der Waals surface area contributed by atoms with Crippen molar-refractivity contribution in [2.75, 3.05) is 5.32 Å². The monoisotopic (exact) mass is 408 g/mol. The molecule has 0 saturated heterocycles. The second-order valence-corrected chi connectivity index (χ2v) is 7.63. The fourth-order valence-corrected chi connectivity index (χ4v) is 3.44. The predicted octanol–water partition coefficient (Wildman–Crippen LogP) is 4.71. The quantitative estimate of drug-likeness (QED) is 0.452. The van der Waals surface area contributed by atoms with Gasteiger partial charge in [0, 0.05) is 34.3 Å². The molecule has 152 valence electrons. The molecule has 1 fully saturated rings. The fourth-order valence-electron chi connectivity index (χ4n) is 3.44. The smallest absolute Gasteiger partial charge is 0.227 e. The molecule has 1 aliphatic rings. The second kappa shape index (κ2) is 7.99. The van der Waals surface area contributed by atoms with Gasteiger partial charge >= 0.3 is 0 Å². The van der Waals surface area contributed by atoms with E-state index in [9.17, 15) is 9.59 Å². The van der Waals surface area contributed by atoms with Crippen LogP contribution in [0.25, 0.3) is 23.1 Å². The number of aromatic amines is 1. The van der Waals surface area contributed by atoms with Gasteiger partial charge in [0.1, 0.15) is 0 Å². The Labute approximate surface area is 179 Å². The van der Waals surface area contributed by atoms with Crippen LogP contribution in [0.4, 0.5) is 5.69 Å². The average molecular weight is 408 g/mol. The zero-order valence-corrected chi connectivity index (χ0v) is 16.7. The first-order valence-electron chi connectivity index (χ1n) is 10.2. The van der Waals surface area contributed by atoms with Crippen LogP contribution in [0, 0.1) is 5.92 Å². The molecule has 0 bridgehead atoms. The van der Waals surface area contributed by atoms with Gasteiger partial charge in [-0.3, -0.25) is 19.7 Å². The Balaban J connectivity index is 1.41. The van der Waals surface area contributed by atoms with Crippen LogP contribution in [-0.4, -0.2) is 26.9 Å². The molecule has 1 aliphatic carbocycles. The van der Waals surface area contributed by atoms with E-state index in [2.05, 4.69) is 20.5 Å². The van der Waals surface area contributed by atoms with Gasteiger partial charge in [0.15, 0.2) is 5.78 Å². The number of benzene rings is 2. The predicted molar refractivity (Wildman–Crippen MR) is 120 cm³/mol. The van der Waals surface area contributed by atoms with Crippen LogP contribution in [0.1, 0.15) is 40.2 Å². The SMILES string of the molecule is O=C(c1cccc(NC(=O)C2CC2)c1)c1ccc2n[nH]c(/C=C/c3ccccn3)c2c1. The topological polar surface area (TPSA) is 87.7 Å². The number of H-pyrrole nitrogens is 1. The van der Waals surface area contributed by atoms with Crippen LogP contribution in [0.15, 0.2) is 66.9 Å². The summed E-state index contributed by atoms with van der Waals surface area (Å²) in [5.74, 6) is 0.0273. The molecular weight excluding hydrogens is 388 g/mol. The van der Waals surface area contributed by atoms with E-state index in [4.69, 9.17) is 0 Å². The van der Waals surface area contributed by atoms with E-state index in [0.717, 1.165) is 35.1 Å². The van der Waals surface area contributed by atoms with Gasteiger partial charge in [0.2, 0.25) is 5.91 Å². The molecule has 4 aromatic rings. The molecule has 31 heavy (non-hydrogen) atoms. The van der Waals surface area contributed by atoms with E-state index in [1.54, 1.807) is 36.5 Å². The van der Waals surface area contributed by atoms with Crippen molar-refractivity contribution >= 4 is 40.4 Å². The van der Waals surface area contributed by atoms with Crippen molar-refractivity contribution in [2.24, 2.45) is 5.92 Å². The molecule has 1 amide bonds. The molecule has 0 aliphatic heterocycles. The third kappa shape index (κ3) is 4.14. The van der Waals surface area contributed by atoms with E-state index in [-0.39, 0.29) is 17.6 Å². The molecule has 6 heteroatoms. The van der Waals surface area contributed by atoms with Crippen LogP contribution < -0.4 is 5.32 Å². The molecule has 6 nitrogen and oxygen atoms in total. The molecule has 2 aromatic carbocycles. The zero-order chi connectivity index (χ0) is 21.2. The van der Waals surface area contributed by atoms with Crippen LogP contribution in [0.2, 0.25) is 0 Å². The van der Waals surface area contributed by atoms with Gasteiger partial charge < -0.3 is 5.32 Å². The molecule has 0 radical (unpaired) electrons. The summed E-state index contributed by atoms with van der Waals surface area (Å²) in [5.41, 5.74) is 4.16. The Morgan fingerprint density at radius 1 is 0.968 bits per heavy atom. The lowest BCUT2D eigenvalue weighted by molar-refractivity contribution is -0.117. The van der Waals surface area contributed by atoms with E-state index < -0.39 is 0 Å². The minimum atomic E-state index is -0.106. The zero-order valence-electron chi connectivity index (χ0n) is 16.7. The molecule has 0 spiro atoms. The van der Waals surface area contributed by atoms with Gasteiger partial charge in [-0.1, -0.05) is 18.2 Å². The lowest BCUT2D eigenvalue weighted by atomic mass is 10.0. The molecule has 2 heterocycles. The molecule has 2 aromatic heterocycles. The highest BCUT2D eigenvalue weighted by Crippen LogP contribution is 2.30. The highest BCUT2D eigenvalue weighted by Gasteiger charge is 2.29. The van der Waals surface area contributed by atoms with Gasteiger partial charge in [-0.15, -0.1) is 0 Å². The maximum atomic E-state index is 13.1. The van der Waals surface area contributed by atoms with Gasteiger partial charge in [0.25, 0.3) is 0 Å². The normalized spacial score (nSPS) is 13.5. The van der Waals surface area contributed by atoms with Crippen molar-refractivity contribution in [3.8, 4) is 0 Å². The summed E-state index contributed by atoms with van der Waals surface area (Å²) in [4.78, 5) is 29.4. The van der Waals surface area contributed by atoms with Crippen molar-refractivity contribution in [3.63, 3.8) is 0 Å². The molecule has 2 N–H and O–H groups in total. The number of ketones is 1. The van der Waals surface area contributed by atoms with E-state index in [0.29, 0.717) is 16.8 Å². The number of aromatic nitrogens is 3. The summed E-state index contributed by atoms with van der Waals surface area (Å²) in [6.07, 6.45) is 7.41. The number of pyridine rings is 1. The van der Waals surface area contributed by atoms with Crippen LogP contribution in [0.3, 0.4) is 0 Å². The summed E-state index contributed by atoms with van der Waals surface area (Å²) in [6, 6.07) is 18.2. The first-order valence-corrected chi connectivity index (χ1v) is 10.2. The van der Waals surface area contributed by atoms with Gasteiger partial charge in [-0.05, 0) is 67.5 Å². The summed E-state index contributed by atoms with van der Waals surface area (Å²) < 4.78 is 0. The standard InChI is InChI=1S/C25H20N4O2/c30-24(17-4-3-6-20(14-17)27-25(31)16-7-8-16)18-9-11-22-21(15-18)23(29-28-22)12-10-19-5-1-2-13-26-19/h1-6,9-16H,7-8H2,(H,27,31)(H,28,29)/b12-10+. The summed E-state index contributed by atoms with van der Waals surface area (Å²) >= 11 is 0. The lowest BCUT2D eigenvalue weighted by Crippen LogP contribution is -2.13. The summed E-state index contributed by atoms with van der Waals surface area (Å²) in [6.45, 7) is 0.